The lowest BCUT2D eigenvalue weighted by Gasteiger charge is -2.08. The monoisotopic (exact) mass is 220 g/mol. The highest BCUT2D eigenvalue weighted by molar-refractivity contribution is 9.11. The molecule has 0 aliphatic rings. The summed E-state index contributed by atoms with van der Waals surface area (Å²) in [5.41, 5.74) is 0. The molecule has 0 radical (unpaired) electrons. The van der Waals surface area contributed by atoms with Crippen molar-refractivity contribution in [3.8, 4) is 0 Å². The van der Waals surface area contributed by atoms with E-state index in [1.165, 1.54) is 0 Å². The van der Waals surface area contributed by atoms with Gasteiger partial charge in [-0.15, -0.1) is 0 Å². The highest BCUT2D eigenvalue weighted by Gasteiger charge is 2.00. The number of halogens is 1. The van der Waals surface area contributed by atoms with Gasteiger partial charge in [0.15, 0.2) is 0 Å². The van der Waals surface area contributed by atoms with E-state index in [9.17, 15) is 4.79 Å². The number of rotatable bonds is 3. The number of hydrogen-bond acceptors (Lipinski definition) is 1. The van der Waals surface area contributed by atoms with Crippen LogP contribution < -0.4 is 10.6 Å². The average Bonchev–Trinajstić information content (AvgIpc) is 1.82. The van der Waals surface area contributed by atoms with E-state index in [0.717, 1.165) is 4.48 Å². The highest BCUT2D eigenvalue weighted by atomic mass is 79.9. The Bertz CT molecular complexity index is 157. The van der Waals surface area contributed by atoms with Gasteiger partial charge in [-0.25, -0.2) is 4.79 Å². The number of amides is 2. The first-order valence-corrected chi connectivity index (χ1v) is 4.19. The lowest BCUT2D eigenvalue weighted by Crippen LogP contribution is -2.39. The molecule has 0 bridgehead atoms. The summed E-state index contributed by atoms with van der Waals surface area (Å²) >= 11 is 3.13. The van der Waals surface area contributed by atoms with E-state index in [1.54, 1.807) is 0 Å². The van der Waals surface area contributed by atoms with E-state index in [4.69, 9.17) is 0 Å². The van der Waals surface area contributed by atoms with Crippen LogP contribution in [0.25, 0.3) is 0 Å². The van der Waals surface area contributed by atoms with Crippen LogP contribution in [0.4, 0.5) is 4.79 Å². The van der Waals surface area contributed by atoms with Crippen LogP contribution in [0, 0.1) is 0 Å². The Labute approximate surface area is 75.4 Å². The van der Waals surface area contributed by atoms with E-state index in [0.29, 0.717) is 6.54 Å². The predicted molar refractivity (Wildman–Crippen MR) is 49.7 cm³/mol. The quantitative estimate of drug-likeness (QED) is 0.746. The normalized spacial score (nSPS) is 9.45. The van der Waals surface area contributed by atoms with Crippen LogP contribution in [0.2, 0.25) is 0 Å². The summed E-state index contributed by atoms with van der Waals surface area (Å²) in [7, 11) is 0. The van der Waals surface area contributed by atoms with Crippen molar-refractivity contribution >= 4 is 22.0 Å². The second kappa shape index (κ2) is 5.18. The minimum Gasteiger partial charge on any atom is -0.336 e. The molecule has 0 aliphatic heterocycles. The second-order valence-corrected chi connectivity index (χ2v) is 3.62. The van der Waals surface area contributed by atoms with Crippen LogP contribution in [0.5, 0.6) is 0 Å². The van der Waals surface area contributed by atoms with Gasteiger partial charge in [-0.05, 0) is 13.8 Å². The third-order valence-electron chi connectivity index (χ3n) is 0.861. The van der Waals surface area contributed by atoms with Gasteiger partial charge in [0.05, 0.1) is 6.54 Å². The molecule has 2 amide bonds. The molecular weight excluding hydrogens is 208 g/mol. The van der Waals surface area contributed by atoms with Crippen molar-refractivity contribution in [1.82, 2.24) is 10.6 Å². The fourth-order valence-electron chi connectivity index (χ4n) is 0.489. The molecule has 0 aliphatic carbocycles. The molecule has 0 fully saturated rings. The van der Waals surface area contributed by atoms with Crippen molar-refractivity contribution in [3.63, 3.8) is 0 Å². The highest BCUT2D eigenvalue weighted by Crippen LogP contribution is 1.96. The third kappa shape index (κ3) is 7.39. The second-order valence-electron chi connectivity index (χ2n) is 2.50. The van der Waals surface area contributed by atoms with Crippen LogP contribution in [-0.4, -0.2) is 18.6 Å². The van der Waals surface area contributed by atoms with Gasteiger partial charge in [-0.1, -0.05) is 22.5 Å². The fourth-order valence-corrected chi connectivity index (χ4v) is 0.630. The van der Waals surface area contributed by atoms with E-state index >= 15 is 0 Å². The SMILES string of the molecule is C=C(Br)CNC(=O)NC(C)C. The molecule has 0 atom stereocenters. The number of nitrogens with one attached hydrogen (secondary N) is 2. The minimum absolute atomic E-state index is 0.165. The maximum Gasteiger partial charge on any atom is 0.315 e. The van der Waals surface area contributed by atoms with Crippen molar-refractivity contribution in [2.45, 2.75) is 19.9 Å². The zero-order valence-corrected chi connectivity index (χ0v) is 8.36. The summed E-state index contributed by atoms with van der Waals surface area (Å²) in [5, 5.41) is 5.30. The third-order valence-corrected chi connectivity index (χ3v) is 1.14. The Morgan fingerprint density at radius 2 is 2.18 bits per heavy atom. The number of carbonyl (C=O) groups is 1. The number of hydrogen-bond donors (Lipinski definition) is 2. The topological polar surface area (TPSA) is 41.1 Å². The van der Waals surface area contributed by atoms with E-state index in [-0.39, 0.29) is 12.1 Å². The molecule has 2 N–H and O–H groups in total. The molecular formula is C7H13BrN2O. The molecule has 0 aromatic heterocycles. The van der Waals surface area contributed by atoms with Crippen LogP contribution in [0.3, 0.4) is 0 Å². The molecule has 0 aromatic rings. The van der Waals surface area contributed by atoms with Gasteiger partial charge in [0.2, 0.25) is 0 Å². The Morgan fingerprint density at radius 3 is 2.55 bits per heavy atom. The summed E-state index contributed by atoms with van der Waals surface area (Å²) in [4.78, 5) is 10.9. The van der Waals surface area contributed by atoms with Crippen LogP contribution in [0.15, 0.2) is 11.1 Å². The van der Waals surface area contributed by atoms with Crippen molar-refractivity contribution in [2.24, 2.45) is 0 Å². The molecule has 11 heavy (non-hydrogen) atoms. The number of urea groups is 1. The molecule has 0 unspecified atom stereocenters. The summed E-state index contributed by atoms with van der Waals surface area (Å²) in [6.07, 6.45) is 0. The minimum atomic E-state index is -0.166. The van der Waals surface area contributed by atoms with Gasteiger partial charge in [-0.2, -0.15) is 0 Å². The maximum atomic E-state index is 10.9. The summed E-state index contributed by atoms with van der Waals surface area (Å²) in [5.74, 6) is 0. The average molecular weight is 221 g/mol. The molecule has 0 rings (SSSR count). The zero-order valence-electron chi connectivity index (χ0n) is 6.78. The van der Waals surface area contributed by atoms with Gasteiger partial charge >= 0.3 is 6.03 Å². The first kappa shape index (κ1) is 10.5. The Hall–Kier alpha value is -0.510. The van der Waals surface area contributed by atoms with Gasteiger partial charge in [0.1, 0.15) is 0 Å². The van der Waals surface area contributed by atoms with Crippen LogP contribution in [0.1, 0.15) is 13.8 Å². The van der Waals surface area contributed by atoms with Crippen LogP contribution >= 0.6 is 15.9 Å². The van der Waals surface area contributed by atoms with Gasteiger partial charge in [0, 0.05) is 10.5 Å². The van der Waals surface area contributed by atoms with Gasteiger partial charge in [0.25, 0.3) is 0 Å². The molecule has 4 heteroatoms. The fraction of sp³-hybridized carbons (Fsp3) is 0.571. The van der Waals surface area contributed by atoms with E-state index in [1.807, 2.05) is 13.8 Å². The standard InChI is InChI=1S/C7H13BrN2O/c1-5(2)10-7(11)9-4-6(3)8/h5H,3-4H2,1-2H3,(H2,9,10,11). The molecule has 0 aromatic carbocycles. The lowest BCUT2D eigenvalue weighted by molar-refractivity contribution is 0.239. The number of carbonyl (C=O) groups excluding carboxylic acids is 1. The summed E-state index contributed by atoms with van der Waals surface area (Å²) in [6, 6.07) is -0.000749. The zero-order chi connectivity index (χ0) is 8.85. The molecule has 0 saturated heterocycles. The largest absolute Gasteiger partial charge is 0.336 e. The molecule has 0 heterocycles. The predicted octanol–water partition coefficient (Wildman–Crippen LogP) is 1.60. The first-order chi connectivity index (χ1) is 5.02. The van der Waals surface area contributed by atoms with E-state index in [2.05, 4.69) is 33.1 Å². The Morgan fingerprint density at radius 1 is 1.64 bits per heavy atom. The molecule has 3 nitrogen and oxygen atoms in total. The van der Waals surface area contributed by atoms with Gasteiger partial charge in [-0.3, -0.25) is 0 Å². The van der Waals surface area contributed by atoms with Crippen LogP contribution in [-0.2, 0) is 0 Å². The summed E-state index contributed by atoms with van der Waals surface area (Å²) in [6.45, 7) is 7.85. The Kier molecular flexibility index (Phi) is 4.94. The summed E-state index contributed by atoms with van der Waals surface area (Å²) < 4.78 is 0.761. The molecule has 0 saturated carbocycles. The molecule has 64 valence electrons. The van der Waals surface area contributed by atoms with E-state index < -0.39 is 0 Å². The maximum absolute atomic E-state index is 10.9. The lowest BCUT2D eigenvalue weighted by atomic mass is 10.4. The van der Waals surface area contributed by atoms with Crippen molar-refractivity contribution in [3.05, 3.63) is 11.1 Å². The smallest absolute Gasteiger partial charge is 0.315 e. The van der Waals surface area contributed by atoms with Crippen molar-refractivity contribution in [1.29, 1.82) is 0 Å². The molecule has 0 spiro atoms. The van der Waals surface area contributed by atoms with Crippen molar-refractivity contribution < 1.29 is 4.79 Å². The first-order valence-electron chi connectivity index (χ1n) is 3.40. The van der Waals surface area contributed by atoms with Gasteiger partial charge < -0.3 is 10.6 Å². The van der Waals surface area contributed by atoms with Crippen molar-refractivity contribution in [2.75, 3.05) is 6.54 Å². The Balaban J connectivity index is 3.45.